The second kappa shape index (κ2) is 15.6. The van der Waals surface area contributed by atoms with Crippen LogP contribution in [0.1, 0.15) is 81.2 Å². The monoisotopic (exact) mass is 814 g/mol. The smallest absolute Gasteiger partial charge is 0.333 e. The highest BCUT2D eigenvalue weighted by Crippen LogP contribution is 2.54. The van der Waals surface area contributed by atoms with Crippen LogP contribution >= 0.6 is 0 Å². The summed E-state index contributed by atoms with van der Waals surface area (Å²) in [6, 6.07) is 65.3. The van der Waals surface area contributed by atoms with E-state index in [-0.39, 0.29) is 12.3 Å². The third-order valence-corrected chi connectivity index (χ3v) is 14.3. The van der Waals surface area contributed by atoms with Gasteiger partial charge in [-0.15, -0.1) is 0 Å². The van der Waals surface area contributed by atoms with E-state index < -0.39 is 0 Å². The highest BCUT2D eigenvalue weighted by atomic mass is 15.2. The summed E-state index contributed by atoms with van der Waals surface area (Å²) in [5.74, 6) is 0. The molecule has 0 spiro atoms. The average molecular weight is 815 g/mol. The Morgan fingerprint density at radius 1 is 0.460 bits per heavy atom. The van der Waals surface area contributed by atoms with Gasteiger partial charge in [0, 0.05) is 39.3 Å². The molecule has 8 aromatic rings. The molecule has 0 fully saturated rings. The van der Waals surface area contributed by atoms with Gasteiger partial charge < -0.3 is 9.71 Å². The Kier molecular flexibility index (Phi) is 9.76. The van der Waals surface area contributed by atoms with E-state index in [1.54, 1.807) is 0 Å². The highest BCUT2D eigenvalue weighted by molar-refractivity contribution is 6.93. The van der Waals surface area contributed by atoms with Crippen LogP contribution in [-0.2, 0) is 18.3 Å². The van der Waals surface area contributed by atoms with Gasteiger partial charge in [0.15, 0.2) is 0 Å². The summed E-state index contributed by atoms with van der Waals surface area (Å²) in [4.78, 5) is 5.33. The second-order valence-electron chi connectivity index (χ2n) is 18.6. The van der Waals surface area contributed by atoms with Gasteiger partial charge in [0.25, 0.3) is 0 Å². The van der Waals surface area contributed by atoms with Crippen molar-refractivity contribution in [2.24, 2.45) is 0 Å². The van der Waals surface area contributed by atoms with Crippen molar-refractivity contribution >= 4 is 46.2 Å². The van der Waals surface area contributed by atoms with Crippen LogP contribution in [0.4, 0.5) is 28.4 Å². The maximum atomic E-state index is 2.67. The predicted molar refractivity (Wildman–Crippen MR) is 271 cm³/mol. The van der Waals surface area contributed by atoms with Crippen LogP contribution in [0.15, 0.2) is 170 Å². The summed E-state index contributed by atoms with van der Waals surface area (Å²) in [7, 11) is 0. The number of benzene rings is 8. The number of rotatable bonds is 10. The molecule has 0 atom stereocenters. The molecule has 0 saturated heterocycles. The molecule has 8 aromatic carbocycles. The van der Waals surface area contributed by atoms with E-state index in [0.717, 1.165) is 12.8 Å². The lowest BCUT2D eigenvalue weighted by Gasteiger charge is -2.46. The van der Waals surface area contributed by atoms with Crippen LogP contribution in [-0.4, -0.2) is 6.85 Å². The van der Waals surface area contributed by atoms with Gasteiger partial charge in [-0.2, -0.15) is 0 Å². The lowest BCUT2D eigenvalue weighted by Crippen LogP contribution is -2.61. The molecule has 0 aromatic heterocycles. The van der Waals surface area contributed by atoms with E-state index in [4.69, 9.17) is 0 Å². The van der Waals surface area contributed by atoms with Crippen molar-refractivity contribution < 1.29 is 0 Å². The largest absolute Gasteiger partial charge is 0.376 e. The standard InChI is InChI=1S/C60H55BN2/c1-6-8-20-41-29-32-45(33-30-41)63-56-28-18-16-26-48(56)51-36-44(46-24-14-13-19-40(46)3)37-58-59(51)61(63)54-39-53-50(47-25-15-17-27-52(47)60(53,4)5)38-57(54)62(58)55-34-31-42(21-9-7-2)35-49(55)43-22-11-10-12-23-43/h10-19,22-39H,6-9,20-21H2,1-5H3. The number of hydrogen-bond acceptors (Lipinski definition) is 2. The van der Waals surface area contributed by atoms with Gasteiger partial charge >= 0.3 is 6.85 Å². The molecule has 2 aliphatic heterocycles. The topological polar surface area (TPSA) is 6.48 Å². The first kappa shape index (κ1) is 39.3. The fraction of sp³-hybridized carbons (Fsp3) is 0.200. The Hall–Kier alpha value is -6.58. The minimum absolute atomic E-state index is 0.0719. The minimum Gasteiger partial charge on any atom is -0.376 e. The molecule has 0 saturated carbocycles. The van der Waals surface area contributed by atoms with Gasteiger partial charge in [-0.1, -0.05) is 162 Å². The molecule has 0 N–H and O–H groups in total. The number of fused-ring (bicyclic) bond motifs is 7. The molecule has 0 amide bonds. The van der Waals surface area contributed by atoms with Crippen molar-refractivity contribution in [1.29, 1.82) is 0 Å². The molecule has 11 rings (SSSR count). The van der Waals surface area contributed by atoms with Gasteiger partial charge in [-0.05, 0) is 153 Å². The first-order valence-corrected chi connectivity index (χ1v) is 23.3. The zero-order valence-electron chi connectivity index (χ0n) is 37.4. The van der Waals surface area contributed by atoms with E-state index in [1.807, 2.05) is 0 Å². The van der Waals surface area contributed by atoms with Crippen LogP contribution in [0, 0.1) is 6.92 Å². The molecule has 0 unspecified atom stereocenters. The van der Waals surface area contributed by atoms with E-state index in [0.29, 0.717) is 0 Å². The van der Waals surface area contributed by atoms with Crippen molar-refractivity contribution in [3.05, 3.63) is 198 Å². The van der Waals surface area contributed by atoms with Crippen molar-refractivity contribution in [3.63, 3.8) is 0 Å². The normalized spacial score (nSPS) is 13.9. The molecular weight excluding hydrogens is 759 g/mol. The quantitative estimate of drug-likeness (QED) is 0.127. The van der Waals surface area contributed by atoms with Gasteiger partial charge in [-0.3, -0.25) is 0 Å². The molecule has 1 aliphatic carbocycles. The highest BCUT2D eigenvalue weighted by Gasteiger charge is 2.47. The Morgan fingerprint density at radius 3 is 1.89 bits per heavy atom. The Bertz CT molecular complexity index is 3030. The van der Waals surface area contributed by atoms with Gasteiger partial charge in [-0.25, -0.2) is 0 Å². The number of anilines is 5. The third kappa shape index (κ3) is 6.38. The van der Waals surface area contributed by atoms with Gasteiger partial charge in [0.2, 0.25) is 0 Å². The zero-order valence-corrected chi connectivity index (χ0v) is 37.4. The van der Waals surface area contributed by atoms with E-state index >= 15 is 0 Å². The summed E-state index contributed by atoms with van der Waals surface area (Å²) in [5.41, 5.74) is 25.8. The van der Waals surface area contributed by atoms with E-state index in [2.05, 4.69) is 214 Å². The van der Waals surface area contributed by atoms with Crippen LogP contribution in [0.2, 0.25) is 0 Å². The van der Waals surface area contributed by atoms with Gasteiger partial charge in [0.1, 0.15) is 0 Å². The number of para-hydroxylation sites is 1. The molecule has 0 radical (unpaired) electrons. The lowest BCUT2D eigenvalue weighted by molar-refractivity contribution is 0.661. The maximum absolute atomic E-state index is 2.67. The fourth-order valence-corrected chi connectivity index (χ4v) is 11.1. The SMILES string of the molecule is CCCCc1ccc(N2B3c4cc5c(cc4N(c4ccc(CCCC)cc4-c4ccccc4)c4cc(-c6ccccc6C)cc(c43)-c3ccccc32)-c2ccccc2C5(C)C)cc1. The number of unbranched alkanes of at least 4 members (excludes halogenated alkanes) is 2. The first-order chi connectivity index (χ1) is 30.9. The molecule has 0 bridgehead atoms. The molecular formula is C60H55BN2. The third-order valence-electron chi connectivity index (χ3n) is 14.3. The number of aryl methyl sites for hydroxylation is 3. The zero-order chi connectivity index (χ0) is 42.8. The average Bonchev–Trinajstić information content (AvgIpc) is 3.55. The van der Waals surface area contributed by atoms with Crippen LogP contribution < -0.4 is 20.6 Å². The summed E-state index contributed by atoms with van der Waals surface area (Å²) in [5, 5.41) is 0. The first-order valence-electron chi connectivity index (χ1n) is 23.3. The molecule has 308 valence electrons. The second-order valence-corrected chi connectivity index (χ2v) is 18.6. The summed E-state index contributed by atoms with van der Waals surface area (Å²) in [6.07, 6.45) is 6.90. The Balaban J connectivity index is 1.27. The van der Waals surface area contributed by atoms with Crippen LogP contribution in [0.3, 0.4) is 0 Å². The predicted octanol–water partition coefficient (Wildman–Crippen LogP) is 15.0. The molecule has 63 heavy (non-hydrogen) atoms. The van der Waals surface area contributed by atoms with Crippen LogP contribution in [0.5, 0.6) is 0 Å². The lowest BCUT2D eigenvalue weighted by atomic mass is 9.43. The Labute approximate surface area is 375 Å². The summed E-state index contributed by atoms with van der Waals surface area (Å²) >= 11 is 0. The van der Waals surface area contributed by atoms with E-state index in [1.165, 1.54) is 137 Å². The summed E-state index contributed by atoms with van der Waals surface area (Å²) in [6.45, 7) is 11.6. The molecule has 3 heteroatoms. The van der Waals surface area contributed by atoms with Crippen molar-refractivity contribution in [3.8, 4) is 44.5 Å². The van der Waals surface area contributed by atoms with Crippen molar-refractivity contribution in [2.75, 3.05) is 9.71 Å². The molecule has 3 aliphatic rings. The maximum Gasteiger partial charge on any atom is 0.333 e. The van der Waals surface area contributed by atoms with Gasteiger partial charge in [0.05, 0.1) is 5.69 Å². The summed E-state index contributed by atoms with van der Waals surface area (Å²) < 4.78 is 0. The number of hydrogen-bond donors (Lipinski definition) is 0. The number of nitrogens with zero attached hydrogens (tertiary/aromatic N) is 2. The molecule has 2 nitrogen and oxygen atoms in total. The van der Waals surface area contributed by atoms with Crippen LogP contribution in [0.25, 0.3) is 44.5 Å². The fourth-order valence-electron chi connectivity index (χ4n) is 11.1. The van der Waals surface area contributed by atoms with Crippen molar-refractivity contribution in [2.45, 2.75) is 78.6 Å². The molecule has 2 heterocycles. The van der Waals surface area contributed by atoms with Crippen molar-refractivity contribution in [1.82, 2.24) is 0 Å². The minimum atomic E-state index is -0.155. The Morgan fingerprint density at radius 2 is 1.13 bits per heavy atom. The van der Waals surface area contributed by atoms with E-state index in [9.17, 15) is 0 Å².